The topological polar surface area (TPSA) is 92.8 Å². The molecule has 0 aliphatic heterocycles. The predicted molar refractivity (Wildman–Crippen MR) is 57.9 cm³/mol. The van der Waals surface area contributed by atoms with Crippen LogP contribution in [0.1, 0.15) is 17.2 Å². The summed E-state index contributed by atoms with van der Waals surface area (Å²) >= 11 is 0. The third kappa shape index (κ3) is 2.50. The summed E-state index contributed by atoms with van der Waals surface area (Å²) in [5.41, 5.74) is 6.12. The van der Waals surface area contributed by atoms with Crippen molar-refractivity contribution in [1.82, 2.24) is 0 Å². The van der Waals surface area contributed by atoms with Gasteiger partial charge in [0, 0.05) is 0 Å². The Hall–Kier alpha value is -1.59. The number of hydrogen-bond donors (Lipinski definition) is 3. The Bertz CT molecular complexity index is 392. The summed E-state index contributed by atoms with van der Waals surface area (Å²) in [5, 5.41) is 19.0. The van der Waals surface area contributed by atoms with Gasteiger partial charge in [0.1, 0.15) is 11.9 Å². The number of methoxy groups -OCH3 is 1. The highest BCUT2D eigenvalue weighted by molar-refractivity contribution is 5.79. The van der Waals surface area contributed by atoms with Crippen molar-refractivity contribution in [3.63, 3.8) is 0 Å². The van der Waals surface area contributed by atoms with Crippen LogP contribution in [0.5, 0.6) is 5.75 Å². The molecule has 1 amide bonds. The molecule has 0 heterocycles. The molecule has 2 unspecified atom stereocenters. The molecule has 16 heavy (non-hydrogen) atoms. The highest BCUT2D eigenvalue weighted by Gasteiger charge is 2.23. The summed E-state index contributed by atoms with van der Waals surface area (Å²) in [5.74, 6) is -0.287. The number of carbonyl (C=O) groups is 1. The third-order valence-corrected chi connectivity index (χ3v) is 2.35. The fraction of sp³-hybridized carbons (Fsp3) is 0.364. The second-order valence-electron chi connectivity index (χ2n) is 3.52. The van der Waals surface area contributed by atoms with Gasteiger partial charge >= 0.3 is 0 Å². The largest absolute Gasteiger partial charge is 0.496 e. The number of nitrogens with two attached hydrogens (primary N) is 1. The summed E-state index contributed by atoms with van der Waals surface area (Å²) < 4.78 is 5.05. The van der Waals surface area contributed by atoms with Crippen LogP contribution in [0.15, 0.2) is 18.2 Å². The van der Waals surface area contributed by atoms with Gasteiger partial charge in [-0.3, -0.25) is 4.79 Å². The Morgan fingerprint density at radius 3 is 2.50 bits per heavy atom. The minimum atomic E-state index is -1.60. The molecule has 0 aliphatic carbocycles. The van der Waals surface area contributed by atoms with Crippen molar-refractivity contribution in [2.75, 3.05) is 7.11 Å². The summed E-state index contributed by atoms with van der Waals surface area (Å²) in [7, 11) is 1.54. The molecule has 0 aromatic heterocycles. The van der Waals surface area contributed by atoms with E-state index in [1.807, 2.05) is 0 Å². The first-order valence-corrected chi connectivity index (χ1v) is 4.77. The zero-order chi connectivity index (χ0) is 12.3. The second kappa shape index (κ2) is 4.96. The Labute approximate surface area is 93.5 Å². The van der Waals surface area contributed by atoms with Crippen LogP contribution in [0.2, 0.25) is 0 Å². The number of ether oxygens (including phenoxy) is 1. The van der Waals surface area contributed by atoms with E-state index in [0.29, 0.717) is 11.3 Å². The maximum absolute atomic E-state index is 10.7. The van der Waals surface area contributed by atoms with Crippen LogP contribution in [0.4, 0.5) is 0 Å². The number of rotatable bonds is 4. The number of amides is 1. The van der Waals surface area contributed by atoms with Gasteiger partial charge in [-0.15, -0.1) is 0 Å². The van der Waals surface area contributed by atoms with E-state index >= 15 is 0 Å². The third-order valence-electron chi connectivity index (χ3n) is 2.35. The number of carbonyl (C=O) groups excluding carboxylic acids is 1. The van der Waals surface area contributed by atoms with Crippen LogP contribution in [-0.2, 0) is 4.79 Å². The Kier molecular flexibility index (Phi) is 3.87. The molecule has 0 spiro atoms. The van der Waals surface area contributed by atoms with Gasteiger partial charge in [0.15, 0.2) is 6.10 Å². The summed E-state index contributed by atoms with van der Waals surface area (Å²) in [6.07, 6.45) is -2.92. The van der Waals surface area contributed by atoms with Crippen molar-refractivity contribution < 1.29 is 19.7 Å². The van der Waals surface area contributed by atoms with E-state index in [9.17, 15) is 15.0 Å². The highest BCUT2D eigenvalue weighted by atomic mass is 16.5. The zero-order valence-corrected chi connectivity index (χ0v) is 9.18. The Morgan fingerprint density at radius 1 is 1.44 bits per heavy atom. The number of hydrogen-bond acceptors (Lipinski definition) is 4. The van der Waals surface area contributed by atoms with Gasteiger partial charge in [-0.2, -0.15) is 0 Å². The SMILES string of the molecule is COc1ccc(C(O)C(O)C(N)=O)cc1C. The van der Waals surface area contributed by atoms with Crippen LogP contribution in [0, 0.1) is 6.92 Å². The first kappa shape index (κ1) is 12.5. The molecule has 5 nitrogen and oxygen atoms in total. The van der Waals surface area contributed by atoms with Crippen LogP contribution in [-0.4, -0.2) is 29.3 Å². The lowest BCUT2D eigenvalue weighted by atomic mass is 10.0. The monoisotopic (exact) mass is 225 g/mol. The molecule has 0 radical (unpaired) electrons. The smallest absolute Gasteiger partial charge is 0.249 e. The van der Waals surface area contributed by atoms with Crippen LogP contribution in [0.3, 0.4) is 0 Å². The standard InChI is InChI=1S/C11H15NO4/c1-6-5-7(3-4-8(6)16-2)9(13)10(14)11(12)15/h3-5,9-10,13-14H,1-2H3,(H2,12,15). The summed E-state index contributed by atoms with van der Waals surface area (Å²) in [6.45, 7) is 1.80. The molecule has 1 aromatic rings. The first-order valence-electron chi connectivity index (χ1n) is 4.77. The van der Waals surface area contributed by atoms with E-state index in [-0.39, 0.29) is 0 Å². The molecule has 0 saturated heterocycles. The van der Waals surface area contributed by atoms with Gasteiger partial charge in [-0.25, -0.2) is 0 Å². The van der Waals surface area contributed by atoms with Crippen molar-refractivity contribution in [3.05, 3.63) is 29.3 Å². The van der Waals surface area contributed by atoms with E-state index in [2.05, 4.69) is 0 Å². The average Bonchev–Trinajstić information content (AvgIpc) is 2.26. The Balaban J connectivity index is 2.97. The van der Waals surface area contributed by atoms with Crippen LogP contribution >= 0.6 is 0 Å². The lowest BCUT2D eigenvalue weighted by Crippen LogP contribution is -2.33. The molecule has 1 aromatic carbocycles. The van der Waals surface area contributed by atoms with E-state index in [1.54, 1.807) is 25.1 Å². The molecule has 1 rings (SSSR count). The summed E-state index contributed by atoms with van der Waals surface area (Å²) in [4.78, 5) is 10.7. The van der Waals surface area contributed by atoms with Gasteiger partial charge in [0.25, 0.3) is 0 Å². The fourth-order valence-electron chi connectivity index (χ4n) is 1.42. The maximum Gasteiger partial charge on any atom is 0.249 e. The zero-order valence-electron chi connectivity index (χ0n) is 9.18. The maximum atomic E-state index is 10.7. The lowest BCUT2D eigenvalue weighted by Gasteiger charge is -2.16. The normalized spacial score (nSPS) is 14.2. The molecule has 5 heteroatoms. The number of benzene rings is 1. The first-order chi connectivity index (χ1) is 7.47. The molecular formula is C11H15NO4. The van der Waals surface area contributed by atoms with Crippen molar-refractivity contribution in [1.29, 1.82) is 0 Å². The van der Waals surface area contributed by atoms with Crippen LogP contribution in [0.25, 0.3) is 0 Å². The number of aliphatic hydroxyl groups excluding tert-OH is 2. The molecule has 0 bridgehead atoms. The van der Waals surface area contributed by atoms with E-state index in [4.69, 9.17) is 10.5 Å². The lowest BCUT2D eigenvalue weighted by molar-refractivity contribution is -0.131. The van der Waals surface area contributed by atoms with Crippen molar-refractivity contribution in [2.24, 2.45) is 5.73 Å². The quantitative estimate of drug-likeness (QED) is 0.666. The second-order valence-corrected chi connectivity index (χ2v) is 3.52. The van der Waals surface area contributed by atoms with Crippen molar-refractivity contribution in [2.45, 2.75) is 19.1 Å². The molecule has 4 N–H and O–H groups in total. The summed E-state index contributed by atoms with van der Waals surface area (Å²) in [6, 6.07) is 4.86. The van der Waals surface area contributed by atoms with Crippen molar-refractivity contribution in [3.8, 4) is 5.75 Å². The van der Waals surface area contributed by atoms with Gasteiger partial charge in [0.2, 0.25) is 5.91 Å². The van der Waals surface area contributed by atoms with E-state index < -0.39 is 18.1 Å². The molecular weight excluding hydrogens is 210 g/mol. The fourth-order valence-corrected chi connectivity index (χ4v) is 1.42. The Morgan fingerprint density at radius 2 is 2.06 bits per heavy atom. The number of aliphatic hydroxyl groups is 2. The van der Waals surface area contributed by atoms with E-state index in [1.165, 1.54) is 7.11 Å². The average molecular weight is 225 g/mol. The van der Waals surface area contributed by atoms with Gasteiger partial charge in [0.05, 0.1) is 7.11 Å². The van der Waals surface area contributed by atoms with Crippen LogP contribution < -0.4 is 10.5 Å². The van der Waals surface area contributed by atoms with Gasteiger partial charge < -0.3 is 20.7 Å². The molecule has 0 saturated carbocycles. The number of primary amides is 1. The number of aryl methyl sites for hydroxylation is 1. The van der Waals surface area contributed by atoms with Crippen molar-refractivity contribution >= 4 is 5.91 Å². The van der Waals surface area contributed by atoms with E-state index in [0.717, 1.165) is 5.56 Å². The molecule has 0 aliphatic rings. The molecule has 88 valence electrons. The van der Waals surface area contributed by atoms with Gasteiger partial charge in [-0.1, -0.05) is 6.07 Å². The minimum absolute atomic E-state index is 0.421. The predicted octanol–water partition coefficient (Wildman–Crippen LogP) is -0.117. The molecule has 0 fully saturated rings. The highest BCUT2D eigenvalue weighted by Crippen LogP contribution is 2.24. The molecule has 2 atom stereocenters. The minimum Gasteiger partial charge on any atom is -0.496 e. The van der Waals surface area contributed by atoms with Gasteiger partial charge in [-0.05, 0) is 30.2 Å².